The van der Waals surface area contributed by atoms with E-state index in [1.807, 2.05) is 19.1 Å². The van der Waals surface area contributed by atoms with E-state index in [9.17, 15) is 5.11 Å². The van der Waals surface area contributed by atoms with Crippen LogP contribution in [-0.4, -0.2) is 33.7 Å². The zero-order chi connectivity index (χ0) is 12.3. The van der Waals surface area contributed by atoms with Gasteiger partial charge in [0.15, 0.2) is 0 Å². The van der Waals surface area contributed by atoms with Gasteiger partial charge in [-0.05, 0) is 44.0 Å². The molecule has 1 aromatic rings. The van der Waals surface area contributed by atoms with E-state index in [1.165, 1.54) is 5.56 Å². The molecule has 1 atom stereocenters. The van der Waals surface area contributed by atoms with Crippen LogP contribution in [0.5, 0.6) is 0 Å². The van der Waals surface area contributed by atoms with E-state index in [-0.39, 0.29) is 0 Å². The maximum Gasteiger partial charge on any atom is 0.0746 e. The fourth-order valence-corrected chi connectivity index (χ4v) is 2.45. The molecule has 94 valence electrons. The van der Waals surface area contributed by atoms with Crippen LogP contribution in [0.15, 0.2) is 18.3 Å². The van der Waals surface area contributed by atoms with E-state index in [2.05, 4.69) is 9.88 Å². The van der Waals surface area contributed by atoms with Gasteiger partial charge in [0.25, 0.3) is 0 Å². The number of nitrogens with zero attached hydrogens (tertiary/aromatic N) is 2. The Hall–Kier alpha value is -0.970. The van der Waals surface area contributed by atoms with Gasteiger partial charge in [-0.1, -0.05) is 0 Å². The minimum atomic E-state index is -0.540. The second-order valence-corrected chi connectivity index (χ2v) is 5.17. The summed E-state index contributed by atoms with van der Waals surface area (Å²) >= 11 is 0. The molecule has 1 fully saturated rings. The molecule has 1 saturated heterocycles. The summed E-state index contributed by atoms with van der Waals surface area (Å²) in [4.78, 5) is 6.48. The molecule has 1 aliphatic heterocycles. The molecular formula is C13H21N3O. The van der Waals surface area contributed by atoms with Crippen molar-refractivity contribution < 1.29 is 5.11 Å². The lowest BCUT2D eigenvalue weighted by atomic mass is 9.95. The van der Waals surface area contributed by atoms with Gasteiger partial charge in [-0.3, -0.25) is 9.88 Å². The third-order valence-corrected chi connectivity index (χ3v) is 3.25. The van der Waals surface area contributed by atoms with E-state index in [1.54, 1.807) is 6.20 Å². The Morgan fingerprint density at radius 2 is 2.41 bits per heavy atom. The van der Waals surface area contributed by atoms with Crippen LogP contribution in [0.25, 0.3) is 0 Å². The molecular weight excluding hydrogens is 214 g/mol. The van der Waals surface area contributed by atoms with Crippen molar-refractivity contribution in [2.45, 2.75) is 38.5 Å². The number of hydrogen-bond donors (Lipinski definition) is 2. The maximum absolute atomic E-state index is 10.0. The van der Waals surface area contributed by atoms with Crippen LogP contribution in [0.4, 0.5) is 0 Å². The first-order valence-corrected chi connectivity index (χ1v) is 6.18. The van der Waals surface area contributed by atoms with Gasteiger partial charge in [-0.25, -0.2) is 0 Å². The second-order valence-electron chi connectivity index (χ2n) is 5.17. The Balaban J connectivity index is 2.00. The lowest BCUT2D eigenvalue weighted by Crippen LogP contribution is -2.45. The first-order valence-electron chi connectivity index (χ1n) is 6.18. The number of pyridine rings is 1. The molecule has 17 heavy (non-hydrogen) atoms. The van der Waals surface area contributed by atoms with Crippen molar-refractivity contribution in [3.05, 3.63) is 29.6 Å². The lowest BCUT2D eigenvalue weighted by Gasteiger charge is -2.36. The summed E-state index contributed by atoms with van der Waals surface area (Å²) in [7, 11) is 0. The fraction of sp³-hybridized carbons (Fsp3) is 0.615. The molecule has 3 N–H and O–H groups in total. The number of β-amino-alcohol motifs (C(OH)–C–C–N with tert-alkyl or cyclic N) is 1. The summed E-state index contributed by atoms with van der Waals surface area (Å²) in [5, 5.41) is 10.0. The van der Waals surface area contributed by atoms with Crippen LogP contribution >= 0.6 is 0 Å². The minimum Gasteiger partial charge on any atom is -0.389 e. The SMILES string of the molecule is CC1(O)CCCN(Cc2ccnc(CN)c2)C1. The zero-order valence-electron chi connectivity index (χ0n) is 10.4. The van der Waals surface area contributed by atoms with Crippen molar-refractivity contribution in [1.82, 2.24) is 9.88 Å². The van der Waals surface area contributed by atoms with Crippen LogP contribution in [-0.2, 0) is 13.1 Å². The number of aromatic nitrogens is 1. The van der Waals surface area contributed by atoms with Gasteiger partial charge in [-0.2, -0.15) is 0 Å². The average Bonchev–Trinajstić information content (AvgIpc) is 2.28. The minimum absolute atomic E-state index is 0.478. The summed E-state index contributed by atoms with van der Waals surface area (Å²) in [6.45, 7) is 5.05. The summed E-state index contributed by atoms with van der Waals surface area (Å²) in [6, 6.07) is 4.06. The van der Waals surface area contributed by atoms with E-state index in [0.29, 0.717) is 6.54 Å². The second kappa shape index (κ2) is 5.12. The molecule has 0 bridgehead atoms. The quantitative estimate of drug-likeness (QED) is 0.816. The molecule has 4 heteroatoms. The highest BCUT2D eigenvalue weighted by atomic mass is 16.3. The van der Waals surface area contributed by atoms with Crippen LogP contribution in [0.2, 0.25) is 0 Å². The van der Waals surface area contributed by atoms with Crippen LogP contribution in [0, 0.1) is 0 Å². The summed E-state index contributed by atoms with van der Waals surface area (Å²) in [5.41, 5.74) is 7.18. The zero-order valence-corrected chi connectivity index (χ0v) is 10.4. The van der Waals surface area contributed by atoms with E-state index < -0.39 is 5.60 Å². The maximum atomic E-state index is 10.0. The molecule has 0 aromatic carbocycles. The molecule has 2 rings (SSSR count). The van der Waals surface area contributed by atoms with Gasteiger partial charge < -0.3 is 10.8 Å². The Bertz CT molecular complexity index is 379. The number of rotatable bonds is 3. The van der Waals surface area contributed by atoms with Gasteiger partial charge in [0.2, 0.25) is 0 Å². The molecule has 4 nitrogen and oxygen atoms in total. The predicted molar refractivity (Wildman–Crippen MR) is 67.3 cm³/mol. The van der Waals surface area contributed by atoms with Crippen LogP contribution in [0.3, 0.4) is 0 Å². The smallest absolute Gasteiger partial charge is 0.0746 e. The van der Waals surface area contributed by atoms with Crippen molar-refractivity contribution >= 4 is 0 Å². The molecule has 1 unspecified atom stereocenters. The molecule has 0 saturated carbocycles. The van der Waals surface area contributed by atoms with Crippen molar-refractivity contribution in [2.24, 2.45) is 5.73 Å². The van der Waals surface area contributed by atoms with E-state index >= 15 is 0 Å². The molecule has 0 spiro atoms. The first kappa shape index (κ1) is 12.5. The van der Waals surface area contributed by atoms with E-state index in [4.69, 9.17) is 5.73 Å². The van der Waals surface area contributed by atoms with Crippen molar-refractivity contribution in [3.8, 4) is 0 Å². The van der Waals surface area contributed by atoms with Crippen molar-refractivity contribution in [2.75, 3.05) is 13.1 Å². The molecule has 0 amide bonds. The number of aliphatic hydroxyl groups is 1. The Labute approximate surface area is 102 Å². The molecule has 2 heterocycles. The van der Waals surface area contributed by atoms with Gasteiger partial charge in [0, 0.05) is 25.8 Å². The van der Waals surface area contributed by atoms with Gasteiger partial charge in [0.1, 0.15) is 0 Å². The summed E-state index contributed by atoms with van der Waals surface area (Å²) in [5.74, 6) is 0. The summed E-state index contributed by atoms with van der Waals surface area (Å²) in [6.07, 6.45) is 3.76. The largest absolute Gasteiger partial charge is 0.389 e. The normalized spacial score (nSPS) is 26.1. The molecule has 0 aliphatic carbocycles. The highest BCUT2D eigenvalue weighted by Crippen LogP contribution is 2.21. The topological polar surface area (TPSA) is 62.4 Å². The molecule has 1 aromatic heterocycles. The Morgan fingerprint density at radius 1 is 1.59 bits per heavy atom. The fourth-order valence-electron chi connectivity index (χ4n) is 2.45. The van der Waals surface area contributed by atoms with E-state index in [0.717, 1.165) is 38.2 Å². The summed E-state index contributed by atoms with van der Waals surface area (Å²) < 4.78 is 0. The molecule has 1 aliphatic rings. The lowest BCUT2D eigenvalue weighted by molar-refractivity contribution is -0.0181. The van der Waals surface area contributed by atoms with Gasteiger partial charge in [0.05, 0.1) is 11.3 Å². The van der Waals surface area contributed by atoms with Gasteiger partial charge >= 0.3 is 0 Å². The highest BCUT2D eigenvalue weighted by Gasteiger charge is 2.28. The Morgan fingerprint density at radius 3 is 3.12 bits per heavy atom. The van der Waals surface area contributed by atoms with Crippen LogP contribution < -0.4 is 5.73 Å². The predicted octanol–water partition coefficient (Wildman–Crippen LogP) is 0.887. The monoisotopic (exact) mass is 235 g/mol. The Kier molecular flexibility index (Phi) is 3.76. The molecule has 0 radical (unpaired) electrons. The van der Waals surface area contributed by atoms with Crippen molar-refractivity contribution in [1.29, 1.82) is 0 Å². The third-order valence-electron chi connectivity index (χ3n) is 3.25. The third kappa shape index (κ3) is 3.49. The first-order chi connectivity index (χ1) is 8.09. The van der Waals surface area contributed by atoms with Gasteiger partial charge in [-0.15, -0.1) is 0 Å². The highest BCUT2D eigenvalue weighted by molar-refractivity contribution is 5.16. The standard InChI is InChI=1S/C13H21N3O/c1-13(17)4-2-6-16(10-13)9-11-3-5-15-12(7-11)8-14/h3,5,7,17H,2,4,6,8-10,14H2,1H3. The number of piperidine rings is 1. The van der Waals surface area contributed by atoms with Crippen molar-refractivity contribution in [3.63, 3.8) is 0 Å². The number of likely N-dealkylation sites (tertiary alicyclic amines) is 1. The average molecular weight is 235 g/mol. The number of hydrogen-bond acceptors (Lipinski definition) is 4. The van der Waals surface area contributed by atoms with Crippen LogP contribution in [0.1, 0.15) is 31.0 Å². The number of nitrogens with two attached hydrogens (primary N) is 1.